The summed E-state index contributed by atoms with van der Waals surface area (Å²) in [6, 6.07) is 6.07. The number of nitrogens with zero attached hydrogens (tertiary/aromatic N) is 2. The maximum Gasteiger partial charge on any atom is 0.201 e. The lowest BCUT2D eigenvalue weighted by atomic mass is 9.84. The molecule has 4 nitrogen and oxygen atoms in total. The standard InChI is InChI=1S/C16H23N3OS/c1-11(2)20-13-7-4-6-12-14(13)18-15(17)19(12)10-16(21-3)8-5-9-16/h4,6-7,11H,5,8-10H2,1-3H3,(H2,17,18). The number of benzene rings is 1. The molecule has 1 aliphatic rings. The van der Waals surface area contributed by atoms with Crippen molar-refractivity contribution in [2.75, 3.05) is 12.0 Å². The van der Waals surface area contributed by atoms with Gasteiger partial charge in [0.25, 0.3) is 0 Å². The summed E-state index contributed by atoms with van der Waals surface area (Å²) in [6.07, 6.45) is 6.16. The second-order valence-electron chi connectivity index (χ2n) is 6.09. The summed E-state index contributed by atoms with van der Waals surface area (Å²) in [5, 5.41) is 0. The molecule has 1 fully saturated rings. The number of nitrogens with two attached hydrogens (primary N) is 1. The molecule has 1 aromatic heterocycles. The first-order valence-corrected chi connectivity index (χ1v) is 8.74. The molecule has 0 spiro atoms. The lowest BCUT2D eigenvalue weighted by Gasteiger charge is -2.40. The van der Waals surface area contributed by atoms with Gasteiger partial charge in [-0.3, -0.25) is 0 Å². The van der Waals surface area contributed by atoms with Gasteiger partial charge in [-0.2, -0.15) is 11.8 Å². The third-order valence-corrected chi connectivity index (χ3v) is 5.68. The van der Waals surface area contributed by atoms with E-state index in [0.29, 0.717) is 10.7 Å². The number of aromatic nitrogens is 2. The van der Waals surface area contributed by atoms with Crippen LogP contribution in [0, 0.1) is 0 Å². The zero-order chi connectivity index (χ0) is 15.0. The van der Waals surface area contributed by atoms with Gasteiger partial charge in [0.1, 0.15) is 11.3 Å². The molecule has 0 saturated heterocycles. The Hall–Kier alpha value is -1.36. The Morgan fingerprint density at radius 2 is 2.19 bits per heavy atom. The van der Waals surface area contributed by atoms with Gasteiger partial charge in [0.05, 0.1) is 11.6 Å². The van der Waals surface area contributed by atoms with E-state index in [9.17, 15) is 0 Å². The van der Waals surface area contributed by atoms with Gasteiger partial charge in [0.2, 0.25) is 5.95 Å². The quantitative estimate of drug-likeness (QED) is 0.915. The molecule has 1 aliphatic carbocycles. The maximum absolute atomic E-state index is 6.18. The van der Waals surface area contributed by atoms with Gasteiger partial charge in [-0.25, -0.2) is 4.98 Å². The normalized spacial score (nSPS) is 17.1. The fourth-order valence-corrected chi connectivity index (χ4v) is 3.90. The van der Waals surface area contributed by atoms with E-state index in [4.69, 9.17) is 10.5 Å². The zero-order valence-corrected chi connectivity index (χ0v) is 13.7. The highest BCUT2D eigenvalue weighted by Crippen LogP contribution is 2.45. The summed E-state index contributed by atoms with van der Waals surface area (Å²) in [6.45, 7) is 4.98. The zero-order valence-electron chi connectivity index (χ0n) is 12.9. The molecule has 0 unspecified atom stereocenters. The molecule has 0 aliphatic heterocycles. The van der Waals surface area contributed by atoms with Crippen molar-refractivity contribution in [3.05, 3.63) is 18.2 Å². The second kappa shape index (κ2) is 5.44. The molecule has 0 amide bonds. The van der Waals surface area contributed by atoms with Gasteiger partial charge >= 0.3 is 0 Å². The highest BCUT2D eigenvalue weighted by atomic mass is 32.2. The van der Waals surface area contributed by atoms with E-state index in [0.717, 1.165) is 23.3 Å². The molecule has 2 N–H and O–H groups in total. The predicted octanol–water partition coefficient (Wildman–Crippen LogP) is 3.69. The number of rotatable bonds is 5. The van der Waals surface area contributed by atoms with E-state index in [1.807, 2.05) is 37.7 Å². The number of ether oxygens (including phenoxy) is 1. The second-order valence-corrected chi connectivity index (χ2v) is 7.36. The fraction of sp³-hybridized carbons (Fsp3) is 0.562. The SMILES string of the molecule is CSC1(Cn2c(N)nc3c(OC(C)C)cccc32)CCC1. The van der Waals surface area contributed by atoms with Gasteiger partial charge in [-0.1, -0.05) is 12.5 Å². The number of fused-ring (bicyclic) bond motifs is 1. The van der Waals surface area contributed by atoms with Gasteiger partial charge < -0.3 is 15.0 Å². The summed E-state index contributed by atoms with van der Waals surface area (Å²) in [7, 11) is 0. The molecule has 21 heavy (non-hydrogen) atoms. The molecule has 1 saturated carbocycles. The van der Waals surface area contributed by atoms with Crippen LogP contribution in [-0.2, 0) is 6.54 Å². The Kier molecular flexibility index (Phi) is 3.78. The minimum atomic E-state index is 0.131. The van der Waals surface area contributed by atoms with Crippen molar-refractivity contribution < 1.29 is 4.74 Å². The van der Waals surface area contributed by atoms with Crippen LogP contribution in [0.2, 0.25) is 0 Å². The Balaban J connectivity index is 2.01. The average molecular weight is 305 g/mol. The molecule has 1 heterocycles. The molecular weight excluding hydrogens is 282 g/mol. The molecule has 5 heteroatoms. The monoisotopic (exact) mass is 305 g/mol. The van der Waals surface area contributed by atoms with Gasteiger partial charge in [0.15, 0.2) is 0 Å². The lowest BCUT2D eigenvalue weighted by Crippen LogP contribution is -2.38. The Morgan fingerprint density at radius 1 is 1.43 bits per heavy atom. The fourth-order valence-electron chi connectivity index (χ4n) is 2.94. The van der Waals surface area contributed by atoms with E-state index in [-0.39, 0.29) is 6.10 Å². The molecule has 2 aromatic rings. The minimum Gasteiger partial charge on any atom is -0.489 e. The van der Waals surface area contributed by atoms with E-state index in [2.05, 4.69) is 21.9 Å². The Bertz CT molecular complexity index is 641. The predicted molar refractivity (Wildman–Crippen MR) is 90.0 cm³/mol. The first kappa shape index (κ1) is 14.6. The van der Waals surface area contributed by atoms with E-state index < -0.39 is 0 Å². The minimum absolute atomic E-state index is 0.131. The Labute approximate surface area is 130 Å². The number of hydrogen-bond donors (Lipinski definition) is 1. The summed E-state index contributed by atoms with van der Waals surface area (Å²) in [5.74, 6) is 1.41. The van der Waals surface area contributed by atoms with Crippen LogP contribution in [0.3, 0.4) is 0 Å². The maximum atomic E-state index is 6.18. The summed E-state index contributed by atoms with van der Waals surface area (Å²) in [5.41, 5.74) is 8.13. The topological polar surface area (TPSA) is 53.1 Å². The number of anilines is 1. The van der Waals surface area contributed by atoms with Gasteiger partial charge in [-0.15, -0.1) is 0 Å². The van der Waals surface area contributed by atoms with Crippen LogP contribution >= 0.6 is 11.8 Å². The van der Waals surface area contributed by atoms with Crippen LogP contribution in [-0.4, -0.2) is 26.7 Å². The largest absolute Gasteiger partial charge is 0.489 e. The highest BCUT2D eigenvalue weighted by Gasteiger charge is 2.37. The number of thioether (sulfide) groups is 1. The number of imidazole rings is 1. The van der Waals surface area contributed by atoms with E-state index >= 15 is 0 Å². The van der Waals surface area contributed by atoms with Gasteiger partial charge in [-0.05, 0) is 45.1 Å². The summed E-state index contributed by atoms with van der Waals surface area (Å²) >= 11 is 1.95. The van der Waals surface area contributed by atoms with Crippen molar-refractivity contribution in [2.45, 2.75) is 50.5 Å². The van der Waals surface area contributed by atoms with Crippen molar-refractivity contribution in [3.63, 3.8) is 0 Å². The first-order valence-electron chi connectivity index (χ1n) is 7.51. The number of para-hydroxylation sites is 1. The van der Waals surface area contributed by atoms with Crippen LogP contribution in [0.5, 0.6) is 5.75 Å². The van der Waals surface area contributed by atoms with Crippen LogP contribution in [0.4, 0.5) is 5.95 Å². The van der Waals surface area contributed by atoms with Crippen LogP contribution in [0.15, 0.2) is 18.2 Å². The molecule has 1 aromatic carbocycles. The summed E-state index contributed by atoms with van der Waals surface area (Å²) < 4.78 is 8.34. The summed E-state index contributed by atoms with van der Waals surface area (Å²) in [4.78, 5) is 4.55. The van der Waals surface area contributed by atoms with E-state index in [1.54, 1.807) is 0 Å². The first-order chi connectivity index (χ1) is 10.0. The third-order valence-electron chi connectivity index (χ3n) is 4.28. The van der Waals surface area contributed by atoms with Crippen LogP contribution in [0.1, 0.15) is 33.1 Å². The van der Waals surface area contributed by atoms with Gasteiger partial charge in [0, 0.05) is 11.3 Å². The van der Waals surface area contributed by atoms with Crippen molar-refractivity contribution >= 4 is 28.7 Å². The van der Waals surface area contributed by atoms with Crippen molar-refractivity contribution in [1.82, 2.24) is 9.55 Å². The average Bonchev–Trinajstić information content (AvgIpc) is 2.71. The Morgan fingerprint density at radius 3 is 2.76 bits per heavy atom. The van der Waals surface area contributed by atoms with Crippen LogP contribution < -0.4 is 10.5 Å². The molecule has 3 rings (SSSR count). The van der Waals surface area contributed by atoms with Crippen molar-refractivity contribution in [3.8, 4) is 5.75 Å². The van der Waals surface area contributed by atoms with Crippen molar-refractivity contribution in [2.24, 2.45) is 0 Å². The lowest BCUT2D eigenvalue weighted by molar-refractivity contribution is 0.245. The van der Waals surface area contributed by atoms with Crippen molar-refractivity contribution in [1.29, 1.82) is 0 Å². The van der Waals surface area contributed by atoms with E-state index in [1.165, 1.54) is 19.3 Å². The number of hydrogen-bond acceptors (Lipinski definition) is 4. The molecular formula is C16H23N3OS. The smallest absolute Gasteiger partial charge is 0.201 e. The number of nitrogen functional groups attached to an aromatic ring is 1. The molecule has 0 radical (unpaired) electrons. The highest BCUT2D eigenvalue weighted by molar-refractivity contribution is 8.00. The molecule has 114 valence electrons. The molecule has 0 bridgehead atoms. The molecule has 0 atom stereocenters. The third kappa shape index (κ3) is 2.59. The van der Waals surface area contributed by atoms with Crippen LogP contribution in [0.25, 0.3) is 11.0 Å².